The zero-order valence-electron chi connectivity index (χ0n) is 11.9. The minimum absolute atomic E-state index is 0.0298. The summed E-state index contributed by atoms with van der Waals surface area (Å²) >= 11 is 5.71. The molecule has 0 amide bonds. The van der Waals surface area contributed by atoms with Crippen LogP contribution in [0.2, 0.25) is 5.02 Å². The predicted molar refractivity (Wildman–Crippen MR) is 87.1 cm³/mol. The lowest BCUT2D eigenvalue weighted by atomic mass is 10.1. The van der Waals surface area contributed by atoms with Crippen molar-refractivity contribution in [1.82, 2.24) is 4.83 Å². The molecule has 2 rings (SSSR count). The van der Waals surface area contributed by atoms with E-state index in [4.69, 9.17) is 11.6 Å². The molecule has 0 fully saturated rings. The molecule has 0 atom stereocenters. The highest BCUT2D eigenvalue weighted by Crippen LogP contribution is 2.15. The Hall–Kier alpha value is -2.45. The molecule has 7 nitrogen and oxygen atoms in total. The number of nitrogens with one attached hydrogen (secondary N) is 1. The lowest BCUT2D eigenvalue weighted by Crippen LogP contribution is -2.19. The summed E-state index contributed by atoms with van der Waals surface area (Å²) in [6.45, 7) is 1.59. The van der Waals surface area contributed by atoms with Crippen LogP contribution in [-0.4, -0.2) is 19.1 Å². The lowest BCUT2D eigenvalue weighted by Gasteiger charge is -2.05. The van der Waals surface area contributed by atoms with Gasteiger partial charge >= 0.3 is 0 Å². The molecule has 0 unspecified atom stereocenters. The van der Waals surface area contributed by atoms with Crippen molar-refractivity contribution < 1.29 is 13.3 Å². The fraction of sp³-hybridized carbons (Fsp3) is 0.0714. The molecule has 0 heterocycles. The minimum Gasteiger partial charge on any atom is -0.258 e. The van der Waals surface area contributed by atoms with Crippen molar-refractivity contribution >= 4 is 33.0 Å². The SMILES string of the molecule is C/C(=N\NS(=O)(=O)c1ccc(Cl)cc1)c1ccc([N+](=O)[O-])cc1. The van der Waals surface area contributed by atoms with Crippen LogP contribution in [0.15, 0.2) is 58.5 Å². The first-order valence-electron chi connectivity index (χ1n) is 6.36. The van der Waals surface area contributed by atoms with Crippen molar-refractivity contribution in [1.29, 1.82) is 0 Å². The Kier molecular flexibility index (Phi) is 4.97. The Labute approximate surface area is 137 Å². The number of benzene rings is 2. The number of rotatable bonds is 5. The third kappa shape index (κ3) is 4.27. The minimum atomic E-state index is -3.81. The van der Waals surface area contributed by atoms with Crippen LogP contribution in [0.5, 0.6) is 0 Å². The molecule has 120 valence electrons. The molecule has 0 saturated heterocycles. The Bertz CT molecular complexity index is 847. The maximum absolute atomic E-state index is 12.1. The number of hydrogen-bond donors (Lipinski definition) is 1. The van der Waals surface area contributed by atoms with Gasteiger partial charge in [-0.05, 0) is 48.9 Å². The van der Waals surface area contributed by atoms with Crippen LogP contribution in [0.3, 0.4) is 0 Å². The van der Waals surface area contributed by atoms with Crippen molar-refractivity contribution in [2.24, 2.45) is 5.10 Å². The Morgan fingerprint density at radius 3 is 2.22 bits per heavy atom. The summed E-state index contributed by atoms with van der Waals surface area (Å²) in [4.78, 5) is 12.2. The van der Waals surface area contributed by atoms with Crippen molar-refractivity contribution in [2.75, 3.05) is 0 Å². The molecule has 0 spiro atoms. The van der Waals surface area contributed by atoms with Crippen molar-refractivity contribution in [3.63, 3.8) is 0 Å². The summed E-state index contributed by atoms with van der Waals surface area (Å²) in [5.74, 6) is 0. The van der Waals surface area contributed by atoms with E-state index in [0.717, 1.165) is 0 Å². The number of non-ortho nitro benzene ring substituents is 1. The van der Waals surface area contributed by atoms with E-state index in [1.54, 1.807) is 6.92 Å². The van der Waals surface area contributed by atoms with Gasteiger partial charge in [0.2, 0.25) is 0 Å². The van der Waals surface area contributed by atoms with Gasteiger partial charge in [-0.2, -0.15) is 18.4 Å². The first kappa shape index (κ1) is 16.9. The summed E-state index contributed by atoms with van der Waals surface area (Å²) in [7, 11) is -3.81. The van der Waals surface area contributed by atoms with Gasteiger partial charge in [0, 0.05) is 17.2 Å². The molecular weight excluding hydrogens is 342 g/mol. The van der Waals surface area contributed by atoms with Gasteiger partial charge in [-0.1, -0.05) is 11.6 Å². The Balaban J connectivity index is 2.18. The predicted octanol–water partition coefficient (Wildman–Crippen LogP) is 2.95. The number of nitro groups is 1. The standard InChI is InChI=1S/C14H12ClN3O4S/c1-10(11-2-6-13(7-3-11)18(19)20)16-17-23(21,22)14-8-4-12(15)5-9-14/h2-9,17H,1H3/b16-10+. The largest absolute Gasteiger partial charge is 0.276 e. The summed E-state index contributed by atoms with van der Waals surface area (Å²) in [5, 5.41) is 14.8. The average Bonchev–Trinajstić information content (AvgIpc) is 2.53. The van der Waals surface area contributed by atoms with E-state index in [0.29, 0.717) is 16.3 Å². The normalized spacial score (nSPS) is 12.0. The van der Waals surface area contributed by atoms with Gasteiger partial charge in [0.25, 0.3) is 15.7 Å². The molecular formula is C14H12ClN3O4S. The number of nitro benzene ring substituents is 1. The van der Waals surface area contributed by atoms with E-state index < -0.39 is 14.9 Å². The number of sulfonamides is 1. The highest BCUT2D eigenvalue weighted by atomic mass is 35.5. The number of halogens is 1. The van der Waals surface area contributed by atoms with E-state index in [2.05, 4.69) is 9.93 Å². The molecule has 9 heteroatoms. The molecule has 2 aromatic rings. The molecule has 2 aromatic carbocycles. The maximum atomic E-state index is 12.1. The molecule has 1 N–H and O–H groups in total. The van der Waals surface area contributed by atoms with E-state index in [1.807, 2.05) is 0 Å². The topological polar surface area (TPSA) is 102 Å². The van der Waals surface area contributed by atoms with Crippen LogP contribution in [0.1, 0.15) is 12.5 Å². The van der Waals surface area contributed by atoms with Crippen LogP contribution < -0.4 is 4.83 Å². The van der Waals surface area contributed by atoms with E-state index in [1.165, 1.54) is 48.5 Å². The van der Waals surface area contributed by atoms with Gasteiger partial charge in [0.15, 0.2) is 0 Å². The summed E-state index contributed by atoms with van der Waals surface area (Å²) in [6, 6.07) is 11.3. The lowest BCUT2D eigenvalue weighted by molar-refractivity contribution is -0.384. The summed E-state index contributed by atoms with van der Waals surface area (Å²) in [5.41, 5.74) is 0.884. The van der Waals surface area contributed by atoms with Crippen molar-refractivity contribution in [3.05, 3.63) is 69.2 Å². The summed E-state index contributed by atoms with van der Waals surface area (Å²) < 4.78 is 24.1. The zero-order valence-corrected chi connectivity index (χ0v) is 13.5. The van der Waals surface area contributed by atoms with Crippen LogP contribution >= 0.6 is 11.6 Å². The van der Waals surface area contributed by atoms with Gasteiger partial charge in [0.05, 0.1) is 15.5 Å². The van der Waals surface area contributed by atoms with Gasteiger partial charge < -0.3 is 0 Å². The van der Waals surface area contributed by atoms with E-state index >= 15 is 0 Å². The van der Waals surface area contributed by atoms with Gasteiger partial charge in [-0.3, -0.25) is 10.1 Å². The van der Waals surface area contributed by atoms with Crippen molar-refractivity contribution in [2.45, 2.75) is 11.8 Å². The number of hydrazone groups is 1. The van der Waals surface area contributed by atoms with Gasteiger partial charge in [-0.25, -0.2) is 0 Å². The number of nitrogens with zero attached hydrogens (tertiary/aromatic N) is 2. The summed E-state index contributed by atoms with van der Waals surface area (Å²) in [6.07, 6.45) is 0. The van der Waals surface area contributed by atoms with Gasteiger partial charge in [0.1, 0.15) is 0 Å². The van der Waals surface area contributed by atoms with Crippen LogP contribution in [0.4, 0.5) is 5.69 Å². The molecule has 0 aliphatic rings. The highest BCUT2D eigenvalue weighted by Gasteiger charge is 2.13. The third-order valence-electron chi connectivity index (χ3n) is 2.95. The second-order valence-electron chi connectivity index (χ2n) is 4.55. The second-order valence-corrected chi connectivity index (χ2v) is 6.65. The first-order valence-corrected chi connectivity index (χ1v) is 8.22. The van der Waals surface area contributed by atoms with Crippen molar-refractivity contribution in [3.8, 4) is 0 Å². The Morgan fingerprint density at radius 1 is 1.13 bits per heavy atom. The van der Waals surface area contributed by atoms with Gasteiger partial charge in [-0.15, -0.1) is 0 Å². The van der Waals surface area contributed by atoms with Crippen LogP contribution in [0, 0.1) is 10.1 Å². The van der Waals surface area contributed by atoms with Crippen LogP contribution in [0.25, 0.3) is 0 Å². The first-order chi connectivity index (χ1) is 10.8. The Morgan fingerprint density at radius 2 is 1.70 bits per heavy atom. The fourth-order valence-electron chi connectivity index (χ4n) is 1.68. The molecule has 0 aliphatic heterocycles. The van der Waals surface area contributed by atoms with Crippen LogP contribution in [-0.2, 0) is 10.0 Å². The second kappa shape index (κ2) is 6.76. The third-order valence-corrected chi connectivity index (χ3v) is 4.43. The molecule has 0 aliphatic carbocycles. The maximum Gasteiger partial charge on any atom is 0.276 e. The zero-order chi connectivity index (χ0) is 17.0. The number of hydrogen-bond acceptors (Lipinski definition) is 5. The quantitative estimate of drug-likeness (QED) is 0.507. The monoisotopic (exact) mass is 353 g/mol. The highest BCUT2D eigenvalue weighted by molar-refractivity contribution is 7.89. The fourth-order valence-corrected chi connectivity index (χ4v) is 2.67. The van der Waals surface area contributed by atoms with E-state index in [-0.39, 0.29) is 10.6 Å². The molecule has 0 aromatic heterocycles. The average molecular weight is 354 g/mol. The van der Waals surface area contributed by atoms with E-state index in [9.17, 15) is 18.5 Å². The molecule has 0 bridgehead atoms. The smallest absolute Gasteiger partial charge is 0.258 e. The molecule has 0 saturated carbocycles. The molecule has 23 heavy (non-hydrogen) atoms. The molecule has 0 radical (unpaired) electrons.